The van der Waals surface area contributed by atoms with Gasteiger partial charge in [0, 0.05) is 31.9 Å². The molecule has 4 rings (SSSR count). The number of anilines is 1. The van der Waals surface area contributed by atoms with E-state index < -0.39 is 11.4 Å². The van der Waals surface area contributed by atoms with Crippen molar-refractivity contribution in [2.75, 3.05) is 24.5 Å². The molecule has 164 valence electrons. The van der Waals surface area contributed by atoms with Crippen LogP contribution in [0.5, 0.6) is 0 Å². The lowest BCUT2D eigenvalue weighted by Crippen LogP contribution is -2.54. The van der Waals surface area contributed by atoms with Crippen molar-refractivity contribution in [3.63, 3.8) is 0 Å². The highest BCUT2D eigenvalue weighted by molar-refractivity contribution is 6.32. The fourth-order valence-electron chi connectivity index (χ4n) is 3.60. The number of oxazole rings is 1. The molecule has 0 aliphatic carbocycles. The van der Waals surface area contributed by atoms with Gasteiger partial charge in [-0.15, -0.1) is 0 Å². The van der Waals surface area contributed by atoms with Crippen molar-refractivity contribution in [3.8, 4) is 11.3 Å². The first kappa shape index (κ1) is 21.4. The van der Waals surface area contributed by atoms with Crippen LogP contribution in [0.3, 0.4) is 0 Å². The topological polar surface area (TPSA) is 71.7 Å². The molecule has 1 atom stereocenters. The number of amides is 1. The molecule has 1 aliphatic rings. The van der Waals surface area contributed by atoms with Crippen molar-refractivity contribution in [1.29, 1.82) is 0 Å². The third-order valence-corrected chi connectivity index (χ3v) is 5.28. The van der Waals surface area contributed by atoms with Gasteiger partial charge in [0.05, 0.1) is 16.3 Å². The standard InChI is InChI=1S/C22H24ClFN4O3/c1-13-12-27(21(29)31-22(2,3)4)9-10-28(13)20-26-16-11-14(23)18(24)17(19(16)30-20)15-7-5-6-8-25-15/h5-8,11,13H,9-10,12H2,1-4H3/t13-/m0/s1. The zero-order valence-corrected chi connectivity index (χ0v) is 18.6. The van der Waals surface area contributed by atoms with E-state index in [0.29, 0.717) is 36.9 Å². The molecule has 31 heavy (non-hydrogen) atoms. The maximum absolute atomic E-state index is 14.9. The molecule has 7 nitrogen and oxygen atoms in total. The van der Waals surface area contributed by atoms with E-state index in [0.717, 1.165) is 0 Å². The molecule has 3 heterocycles. The number of hydrogen-bond acceptors (Lipinski definition) is 6. The van der Waals surface area contributed by atoms with Crippen LogP contribution in [0.1, 0.15) is 27.7 Å². The second-order valence-corrected chi connectivity index (χ2v) is 8.98. The summed E-state index contributed by atoms with van der Waals surface area (Å²) < 4.78 is 26.4. The third-order valence-electron chi connectivity index (χ3n) is 5.01. The Kier molecular flexibility index (Phi) is 5.51. The zero-order valence-electron chi connectivity index (χ0n) is 17.9. The summed E-state index contributed by atoms with van der Waals surface area (Å²) in [6.45, 7) is 8.90. The average Bonchev–Trinajstić information content (AvgIpc) is 3.11. The molecule has 1 saturated heterocycles. The quantitative estimate of drug-likeness (QED) is 0.543. The van der Waals surface area contributed by atoms with Gasteiger partial charge in [-0.05, 0) is 45.9 Å². The number of rotatable bonds is 2. The maximum Gasteiger partial charge on any atom is 0.410 e. The van der Waals surface area contributed by atoms with E-state index in [-0.39, 0.29) is 28.3 Å². The molecule has 2 aromatic heterocycles. The van der Waals surface area contributed by atoms with Gasteiger partial charge in [-0.1, -0.05) is 17.7 Å². The van der Waals surface area contributed by atoms with Crippen LogP contribution in [0, 0.1) is 5.82 Å². The molecule has 1 amide bonds. The van der Waals surface area contributed by atoms with E-state index in [2.05, 4.69) is 9.97 Å². The number of aromatic nitrogens is 2. The summed E-state index contributed by atoms with van der Waals surface area (Å²) in [5, 5.41) is -0.0456. The molecule has 0 bridgehead atoms. The second-order valence-electron chi connectivity index (χ2n) is 8.58. The number of fused-ring (bicyclic) bond motifs is 1. The molecule has 0 saturated carbocycles. The van der Waals surface area contributed by atoms with E-state index in [1.807, 2.05) is 32.6 Å². The van der Waals surface area contributed by atoms with Gasteiger partial charge in [0.15, 0.2) is 11.4 Å². The number of carbonyl (C=O) groups excluding carboxylic acids is 1. The van der Waals surface area contributed by atoms with Gasteiger partial charge in [-0.3, -0.25) is 4.98 Å². The zero-order chi connectivity index (χ0) is 22.3. The number of hydrogen-bond donors (Lipinski definition) is 0. The molecule has 0 spiro atoms. The summed E-state index contributed by atoms with van der Waals surface area (Å²) in [6, 6.07) is 6.94. The molecule has 0 N–H and O–H groups in total. The van der Waals surface area contributed by atoms with Crippen LogP contribution in [0.15, 0.2) is 34.9 Å². The fraction of sp³-hybridized carbons (Fsp3) is 0.409. The first-order chi connectivity index (χ1) is 14.6. The van der Waals surface area contributed by atoms with Crippen LogP contribution < -0.4 is 4.90 Å². The van der Waals surface area contributed by atoms with Gasteiger partial charge < -0.3 is 19.0 Å². The van der Waals surface area contributed by atoms with Crippen LogP contribution in [-0.4, -0.2) is 52.2 Å². The van der Waals surface area contributed by atoms with Crippen molar-refractivity contribution >= 4 is 34.8 Å². The van der Waals surface area contributed by atoms with Crippen LogP contribution >= 0.6 is 11.6 Å². The van der Waals surface area contributed by atoms with Gasteiger partial charge in [-0.2, -0.15) is 4.98 Å². The molecular weight excluding hydrogens is 423 g/mol. The minimum atomic E-state index is -0.599. The molecular formula is C22H24ClFN4O3. The minimum absolute atomic E-state index is 0.0456. The minimum Gasteiger partial charge on any atom is -0.444 e. The third kappa shape index (κ3) is 4.30. The lowest BCUT2D eigenvalue weighted by Gasteiger charge is -2.39. The highest BCUT2D eigenvalue weighted by Gasteiger charge is 2.32. The van der Waals surface area contributed by atoms with Crippen molar-refractivity contribution in [2.45, 2.75) is 39.3 Å². The van der Waals surface area contributed by atoms with E-state index in [1.165, 1.54) is 6.07 Å². The summed E-state index contributed by atoms with van der Waals surface area (Å²) in [5.41, 5.74) is 0.782. The summed E-state index contributed by atoms with van der Waals surface area (Å²) in [6.07, 6.45) is 1.24. The average molecular weight is 447 g/mol. The maximum atomic E-state index is 14.9. The fourth-order valence-corrected chi connectivity index (χ4v) is 3.79. The number of nitrogens with zero attached hydrogens (tertiary/aromatic N) is 4. The monoisotopic (exact) mass is 446 g/mol. The van der Waals surface area contributed by atoms with E-state index in [4.69, 9.17) is 20.8 Å². The Morgan fingerprint density at radius 3 is 2.74 bits per heavy atom. The SMILES string of the molecule is C[C@H]1CN(C(=O)OC(C)(C)C)CCN1c1nc2cc(Cl)c(F)c(-c3ccccn3)c2o1. The Hall–Kier alpha value is -2.87. The lowest BCUT2D eigenvalue weighted by atomic mass is 10.1. The van der Waals surface area contributed by atoms with Crippen LogP contribution in [0.25, 0.3) is 22.4 Å². The van der Waals surface area contributed by atoms with Crippen molar-refractivity contribution in [1.82, 2.24) is 14.9 Å². The van der Waals surface area contributed by atoms with Crippen molar-refractivity contribution in [2.24, 2.45) is 0 Å². The number of piperazine rings is 1. The summed E-state index contributed by atoms with van der Waals surface area (Å²) >= 11 is 6.12. The highest BCUT2D eigenvalue weighted by Crippen LogP contribution is 2.37. The number of ether oxygens (including phenoxy) is 1. The molecule has 1 fully saturated rings. The van der Waals surface area contributed by atoms with Gasteiger partial charge in [-0.25, -0.2) is 9.18 Å². The van der Waals surface area contributed by atoms with Gasteiger partial charge in [0.1, 0.15) is 11.1 Å². The van der Waals surface area contributed by atoms with Crippen LogP contribution in [0.4, 0.5) is 15.2 Å². The van der Waals surface area contributed by atoms with Crippen LogP contribution in [0.2, 0.25) is 5.02 Å². The molecule has 3 aromatic rings. The number of benzene rings is 1. The predicted molar refractivity (Wildman–Crippen MR) is 117 cm³/mol. The predicted octanol–water partition coefficient (Wildman–Crippen LogP) is 5.13. The Bertz CT molecular complexity index is 1110. The first-order valence-electron chi connectivity index (χ1n) is 10.1. The lowest BCUT2D eigenvalue weighted by molar-refractivity contribution is 0.0216. The number of pyridine rings is 1. The van der Waals surface area contributed by atoms with E-state index in [1.54, 1.807) is 29.3 Å². The Morgan fingerprint density at radius 1 is 1.32 bits per heavy atom. The summed E-state index contributed by atoms with van der Waals surface area (Å²) in [5.74, 6) is -0.599. The molecule has 1 aliphatic heterocycles. The van der Waals surface area contributed by atoms with Gasteiger partial charge >= 0.3 is 6.09 Å². The van der Waals surface area contributed by atoms with E-state index in [9.17, 15) is 9.18 Å². The molecule has 9 heteroatoms. The molecule has 1 aromatic carbocycles. The second kappa shape index (κ2) is 8.00. The van der Waals surface area contributed by atoms with Crippen molar-refractivity contribution in [3.05, 3.63) is 41.3 Å². The van der Waals surface area contributed by atoms with E-state index >= 15 is 0 Å². The number of halogens is 2. The normalized spacial score (nSPS) is 17.3. The van der Waals surface area contributed by atoms with Crippen LogP contribution in [-0.2, 0) is 4.74 Å². The number of carbonyl (C=O) groups is 1. The Balaban J connectivity index is 1.64. The Morgan fingerprint density at radius 2 is 2.10 bits per heavy atom. The highest BCUT2D eigenvalue weighted by atomic mass is 35.5. The van der Waals surface area contributed by atoms with Gasteiger partial charge in [0.2, 0.25) is 0 Å². The molecule has 0 radical (unpaired) electrons. The molecule has 0 unspecified atom stereocenters. The first-order valence-corrected chi connectivity index (χ1v) is 10.5. The van der Waals surface area contributed by atoms with Crippen molar-refractivity contribution < 1.29 is 18.3 Å². The summed E-state index contributed by atoms with van der Waals surface area (Å²) in [4.78, 5) is 24.8. The smallest absolute Gasteiger partial charge is 0.410 e. The largest absolute Gasteiger partial charge is 0.444 e. The summed E-state index contributed by atoms with van der Waals surface area (Å²) in [7, 11) is 0. The van der Waals surface area contributed by atoms with Gasteiger partial charge in [0.25, 0.3) is 6.01 Å². The Labute approximate surface area is 184 Å².